The molecule has 0 saturated carbocycles. The third kappa shape index (κ3) is 2.22. The summed E-state index contributed by atoms with van der Waals surface area (Å²) in [7, 11) is -3.75. The normalized spacial score (nSPS) is 21.7. The molecule has 0 spiro atoms. The van der Waals surface area contributed by atoms with Crippen molar-refractivity contribution in [2.24, 2.45) is 0 Å². The first-order valence-electron chi connectivity index (χ1n) is 6.02. The van der Waals surface area contributed by atoms with Crippen LogP contribution in [0, 0.1) is 12.7 Å². The van der Waals surface area contributed by atoms with E-state index < -0.39 is 22.1 Å². The Balaban J connectivity index is 1.89. The third-order valence-corrected chi connectivity index (χ3v) is 4.70. The minimum absolute atomic E-state index is 0.127. The molecule has 0 radical (unpaired) electrons. The van der Waals surface area contributed by atoms with Crippen LogP contribution in [0.2, 0.25) is 0 Å². The van der Waals surface area contributed by atoms with Gasteiger partial charge in [0.1, 0.15) is 5.82 Å². The molecular formula is C14H12FNO3S. The lowest BCUT2D eigenvalue weighted by molar-refractivity contribution is 0.282. The van der Waals surface area contributed by atoms with Crippen LogP contribution in [0.4, 0.5) is 4.39 Å². The molecule has 1 heterocycles. The summed E-state index contributed by atoms with van der Waals surface area (Å²) in [5, 5.41) is 0. The Hall–Kier alpha value is -1.76. The summed E-state index contributed by atoms with van der Waals surface area (Å²) in [6.07, 6.45) is -0.887. The molecule has 2 aromatic rings. The molecule has 104 valence electrons. The fraction of sp³-hybridized carbons (Fsp3) is 0.143. The molecule has 0 aliphatic carbocycles. The van der Waals surface area contributed by atoms with Gasteiger partial charge in [-0.25, -0.2) is 12.8 Å². The van der Waals surface area contributed by atoms with E-state index in [1.54, 1.807) is 24.3 Å². The van der Waals surface area contributed by atoms with E-state index in [1.807, 2.05) is 6.92 Å². The van der Waals surface area contributed by atoms with Gasteiger partial charge in [0.25, 0.3) is 10.0 Å². The summed E-state index contributed by atoms with van der Waals surface area (Å²) in [5.74, 6) is -0.487. The van der Waals surface area contributed by atoms with E-state index >= 15 is 0 Å². The van der Waals surface area contributed by atoms with E-state index in [2.05, 4.69) is 0 Å². The van der Waals surface area contributed by atoms with Gasteiger partial charge in [-0.15, -0.1) is 0 Å². The zero-order chi connectivity index (χ0) is 14.3. The molecule has 0 amide bonds. The van der Waals surface area contributed by atoms with E-state index in [4.69, 9.17) is 4.84 Å². The Morgan fingerprint density at radius 2 is 1.75 bits per heavy atom. The number of halogens is 1. The number of hydroxylamine groups is 1. The van der Waals surface area contributed by atoms with Crippen LogP contribution in [0.1, 0.15) is 17.4 Å². The highest BCUT2D eigenvalue weighted by atomic mass is 32.2. The molecule has 2 atom stereocenters. The summed E-state index contributed by atoms with van der Waals surface area (Å²) in [6, 6.07) is 12.4. The molecule has 0 bridgehead atoms. The van der Waals surface area contributed by atoms with Crippen LogP contribution in [0.25, 0.3) is 0 Å². The van der Waals surface area contributed by atoms with Crippen molar-refractivity contribution in [3.8, 4) is 0 Å². The van der Waals surface area contributed by atoms with Crippen LogP contribution < -0.4 is 0 Å². The Morgan fingerprint density at radius 1 is 1.10 bits per heavy atom. The lowest BCUT2D eigenvalue weighted by Crippen LogP contribution is -2.12. The van der Waals surface area contributed by atoms with Gasteiger partial charge in [0, 0.05) is 5.56 Å². The highest BCUT2D eigenvalue weighted by Crippen LogP contribution is 2.42. The van der Waals surface area contributed by atoms with Crippen molar-refractivity contribution in [1.82, 2.24) is 4.47 Å². The van der Waals surface area contributed by atoms with Gasteiger partial charge >= 0.3 is 0 Å². The number of rotatable bonds is 3. The van der Waals surface area contributed by atoms with Crippen molar-refractivity contribution in [3.05, 3.63) is 65.5 Å². The van der Waals surface area contributed by atoms with Crippen LogP contribution >= 0.6 is 0 Å². The summed E-state index contributed by atoms with van der Waals surface area (Å²) < 4.78 is 39.0. The molecule has 1 saturated heterocycles. The molecule has 20 heavy (non-hydrogen) atoms. The molecule has 2 aromatic carbocycles. The van der Waals surface area contributed by atoms with Gasteiger partial charge < -0.3 is 0 Å². The first-order valence-corrected chi connectivity index (χ1v) is 7.46. The molecule has 1 aliphatic heterocycles. The van der Waals surface area contributed by atoms with Crippen LogP contribution in [0.15, 0.2) is 53.4 Å². The Labute approximate surface area is 116 Å². The Bertz CT molecular complexity index is 743. The fourth-order valence-electron chi connectivity index (χ4n) is 1.91. The second-order valence-corrected chi connectivity index (χ2v) is 6.33. The second kappa shape index (κ2) is 4.66. The van der Waals surface area contributed by atoms with Gasteiger partial charge in [-0.2, -0.15) is 0 Å². The Kier molecular flexibility index (Phi) is 3.08. The molecule has 1 aliphatic rings. The topological polar surface area (TPSA) is 49.7 Å². The van der Waals surface area contributed by atoms with E-state index in [-0.39, 0.29) is 10.5 Å². The van der Waals surface area contributed by atoms with Gasteiger partial charge in [-0.3, -0.25) is 4.84 Å². The van der Waals surface area contributed by atoms with Gasteiger partial charge in [0.15, 0.2) is 6.23 Å². The summed E-state index contributed by atoms with van der Waals surface area (Å²) >= 11 is 0. The highest BCUT2D eigenvalue weighted by Gasteiger charge is 2.49. The fourth-order valence-corrected chi connectivity index (χ4v) is 3.16. The molecule has 0 aromatic heterocycles. The maximum absolute atomic E-state index is 13.6. The van der Waals surface area contributed by atoms with E-state index in [0.29, 0.717) is 0 Å². The van der Waals surface area contributed by atoms with Crippen molar-refractivity contribution in [2.75, 3.05) is 0 Å². The van der Waals surface area contributed by atoms with Crippen LogP contribution in [0.5, 0.6) is 0 Å². The first kappa shape index (κ1) is 13.2. The van der Waals surface area contributed by atoms with Gasteiger partial charge in [0.05, 0.1) is 4.90 Å². The van der Waals surface area contributed by atoms with Crippen molar-refractivity contribution in [1.29, 1.82) is 0 Å². The average molecular weight is 293 g/mol. The molecular weight excluding hydrogens is 281 g/mol. The molecule has 6 heteroatoms. The Morgan fingerprint density at radius 3 is 2.40 bits per heavy atom. The monoisotopic (exact) mass is 293 g/mol. The predicted molar refractivity (Wildman–Crippen MR) is 70.4 cm³/mol. The highest BCUT2D eigenvalue weighted by molar-refractivity contribution is 7.89. The van der Waals surface area contributed by atoms with Gasteiger partial charge in [-0.05, 0) is 29.6 Å². The summed E-state index contributed by atoms with van der Waals surface area (Å²) in [5.41, 5.74) is 1.17. The third-order valence-electron chi connectivity index (χ3n) is 3.08. The minimum Gasteiger partial charge on any atom is -0.253 e. The van der Waals surface area contributed by atoms with Gasteiger partial charge in [0.2, 0.25) is 0 Å². The number of sulfonamides is 1. The molecule has 3 rings (SSSR count). The van der Waals surface area contributed by atoms with Gasteiger partial charge in [-0.1, -0.05) is 35.9 Å². The van der Waals surface area contributed by atoms with Crippen molar-refractivity contribution >= 4 is 10.0 Å². The maximum atomic E-state index is 13.6. The number of aryl methyl sites for hydroxylation is 1. The first-order chi connectivity index (χ1) is 9.50. The number of nitrogens with zero attached hydrogens (tertiary/aromatic N) is 1. The second-order valence-electron chi connectivity index (χ2n) is 4.55. The van der Waals surface area contributed by atoms with E-state index in [1.165, 1.54) is 24.3 Å². The van der Waals surface area contributed by atoms with Crippen LogP contribution in [-0.2, 0) is 14.9 Å². The zero-order valence-corrected chi connectivity index (χ0v) is 11.5. The van der Waals surface area contributed by atoms with E-state index in [9.17, 15) is 12.8 Å². The quantitative estimate of drug-likeness (QED) is 0.818. The molecule has 1 fully saturated rings. The average Bonchev–Trinajstić information content (AvgIpc) is 3.20. The van der Waals surface area contributed by atoms with Crippen molar-refractivity contribution in [3.63, 3.8) is 0 Å². The SMILES string of the molecule is Cc1ccc(S(=O)(=O)N2OC2c2ccccc2F)cc1. The lowest BCUT2D eigenvalue weighted by atomic mass is 10.2. The standard InChI is InChI=1S/C14H12FNO3S/c1-10-6-8-11(9-7-10)20(17,18)16-14(19-16)12-4-2-3-5-13(12)15/h2-9,14H,1H3. The van der Waals surface area contributed by atoms with E-state index in [0.717, 1.165) is 10.0 Å². The molecule has 0 N–H and O–H groups in total. The lowest BCUT2D eigenvalue weighted by Gasteiger charge is -2.03. The van der Waals surface area contributed by atoms with Crippen LogP contribution in [0.3, 0.4) is 0 Å². The number of benzene rings is 2. The number of hydrogen-bond donors (Lipinski definition) is 0. The van der Waals surface area contributed by atoms with Crippen molar-refractivity contribution in [2.45, 2.75) is 18.0 Å². The number of hydrogen-bond acceptors (Lipinski definition) is 3. The molecule has 2 unspecified atom stereocenters. The zero-order valence-electron chi connectivity index (χ0n) is 10.7. The smallest absolute Gasteiger partial charge is 0.253 e. The molecule has 4 nitrogen and oxygen atoms in total. The maximum Gasteiger partial charge on any atom is 0.267 e. The predicted octanol–water partition coefficient (Wildman–Crippen LogP) is 2.77. The largest absolute Gasteiger partial charge is 0.267 e. The van der Waals surface area contributed by atoms with Crippen LogP contribution in [-0.4, -0.2) is 12.9 Å². The summed E-state index contributed by atoms with van der Waals surface area (Å²) in [6.45, 7) is 1.87. The minimum atomic E-state index is -3.75. The summed E-state index contributed by atoms with van der Waals surface area (Å²) in [4.78, 5) is 5.17. The van der Waals surface area contributed by atoms with Crippen molar-refractivity contribution < 1.29 is 17.6 Å².